The molecule has 32 heavy (non-hydrogen) atoms. The smallest absolute Gasteiger partial charge is 0.209 e. The molecule has 1 saturated heterocycles. The van der Waals surface area contributed by atoms with Gasteiger partial charge in [0.1, 0.15) is 0 Å². The van der Waals surface area contributed by atoms with Gasteiger partial charge in [-0.25, -0.2) is 13.1 Å². The van der Waals surface area contributed by atoms with Gasteiger partial charge in [0, 0.05) is 18.8 Å². The van der Waals surface area contributed by atoms with Gasteiger partial charge in [0.25, 0.3) is 0 Å². The third-order valence-electron chi connectivity index (χ3n) is 6.65. The number of hydrogen-bond donors (Lipinski definition) is 2. The second-order valence-electron chi connectivity index (χ2n) is 8.97. The van der Waals surface area contributed by atoms with E-state index in [-0.39, 0.29) is 24.8 Å². The Morgan fingerprint density at radius 1 is 1.12 bits per heavy atom. The van der Waals surface area contributed by atoms with Crippen LogP contribution in [0.3, 0.4) is 0 Å². The minimum Gasteiger partial charge on any atom is -0.392 e. The molecular formula is C24H33N3O4S. The van der Waals surface area contributed by atoms with Gasteiger partial charge in [0.2, 0.25) is 10.0 Å². The standard InChI is InChI=1S/C24H33N3O4S/c1-32(29,30)26-23-11-12-27(21-13-18(16-28)14-25-15-21)24(23)17-31-22-9-7-20(8-10-22)19-5-3-2-4-6-19/h2-6,13-15,20,22-24,26,28H,7-12,16-17H2,1H3/t20-,22+,23-,24-/m0/s1. The number of benzene rings is 1. The molecular weight excluding hydrogens is 426 g/mol. The van der Waals surface area contributed by atoms with E-state index in [4.69, 9.17) is 4.74 Å². The number of rotatable bonds is 8. The lowest BCUT2D eigenvalue weighted by atomic mass is 9.83. The predicted molar refractivity (Wildman–Crippen MR) is 125 cm³/mol. The van der Waals surface area contributed by atoms with E-state index in [1.165, 1.54) is 11.8 Å². The highest BCUT2D eigenvalue weighted by Crippen LogP contribution is 2.34. The third kappa shape index (κ3) is 5.86. The van der Waals surface area contributed by atoms with E-state index in [0.717, 1.165) is 36.9 Å². The number of nitrogens with one attached hydrogen (secondary N) is 1. The van der Waals surface area contributed by atoms with E-state index in [1.807, 2.05) is 6.07 Å². The highest BCUT2D eigenvalue weighted by molar-refractivity contribution is 7.88. The van der Waals surface area contributed by atoms with Crippen molar-refractivity contribution in [2.75, 3.05) is 24.3 Å². The number of aliphatic hydroxyl groups excluding tert-OH is 1. The Labute approximate surface area is 190 Å². The largest absolute Gasteiger partial charge is 0.392 e. The van der Waals surface area contributed by atoms with E-state index in [0.29, 0.717) is 25.5 Å². The van der Waals surface area contributed by atoms with Crippen molar-refractivity contribution >= 4 is 15.7 Å². The van der Waals surface area contributed by atoms with Crippen LogP contribution in [0.2, 0.25) is 0 Å². The van der Waals surface area contributed by atoms with Gasteiger partial charge in [-0.1, -0.05) is 30.3 Å². The summed E-state index contributed by atoms with van der Waals surface area (Å²) in [5, 5.41) is 9.48. The molecule has 2 atom stereocenters. The highest BCUT2D eigenvalue weighted by atomic mass is 32.2. The van der Waals surface area contributed by atoms with E-state index in [1.54, 1.807) is 12.4 Å². The average molecular weight is 460 g/mol. The van der Waals surface area contributed by atoms with Gasteiger partial charge >= 0.3 is 0 Å². The first-order valence-corrected chi connectivity index (χ1v) is 13.3. The van der Waals surface area contributed by atoms with E-state index in [2.05, 4.69) is 44.9 Å². The highest BCUT2D eigenvalue weighted by Gasteiger charge is 2.37. The summed E-state index contributed by atoms with van der Waals surface area (Å²) < 4.78 is 33.0. The minimum atomic E-state index is -3.33. The first kappa shape index (κ1) is 23.2. The van der Waals surface area contributed by atoms with Crippen LogP contribution in [0.4, 0.5) is 5.69 Å². The molecule has 1 aliphatic carbocycles. The summed E-state index contributed by atoms with van der Waals surface area (Å²) in [4.78, 5) is 6.40. The molecule has 2 aromatic rings. The zero-order valence-electron chi connectivity index (χ0n) is 18.6. The van der Waals surface area contributed by atoms with Crippen LogP contribution in [0.15, 0.2) is 48.8 Å². The molecule has 1 aromatic heterocycles. The topological polar surface area (TPSA) is 91.8 Å². The van der Waals surface area contributed by atoms with Crippen molar-refractivity contribution < 1.29 is 18.3 Å². The van der Waals surface area contributed by atoms with Crippen molar-refractivity contribution in [3.8, 4) is 0 Å². The van der Waals surface area contributed by atoms with Gasteiger partial charge in [-0.15, -0.1) is 0 Å². The second kappa shape index (κ2) is 10.3. The number of nitrogens with zero attached hydrogens (tertiary/aromatic N) is 2. The van der Waals surface area contributed by atoms with Crippen LogP contribution in [0.25, 0.3) is 0 Å². The summed E-state index contributed by atoms with van der Waals surface area (Å²) in [6.45, 7) is 1.08. The fourth-order valence-electron chi connectivity index (χ4n) is 5.03. The quantitative estimate of drug-likeness (QED) is 0.631. The monoisotopic (exact) mass is 459 g/mol. The molecule has 2 aliphatic rings. The zero-order valence-corrected chi connectivity index (χ0v) is 19.4. The van der Waals surface area contributed by atoms with E-state index in [9.17, 15) is 13.5 Å². The molecule has 2 heterocycles. The summed E-state index contributed by atoms with van der Waals surface area (Å²) in [6, 6.07) is 12.2. The number of ether oxygens (including phenoxy) is 1. The van der Waals surface area contributed by atoms with E-state index < -0.39 is 10.0 Å². The lowest BCUT2D eigenvalue weighted by Gasteiger charge is -2.33. The summed E-state index contributed by atoms with van der Waals surface area (Å²) in [5.74, 6) is 0.589. The summed E-state index contributed by atoms with van der Waals surface area (Å²) >= 11 is 0. The molecule has 2 N–H and O–H groups in total. The van der Waals surface area contributed by atoms with Crippen molar-refractivity contribution in [3.05, 3.63) is 59.9 Å². The Hall–Kier alpha value is -2.00. The Bertz CT molecular complexity index is 978. The fraction of sp³-hybridized carbons (Fsp3) is 0.542. The number of hydrogen-bond acceptors (Lipinski definition) is 6. The Kier molecular flexibility index (Phi) is 7.45. The van der Waals surface area contributed by atoms with Crippen LogP contribution in [-0.2, 0) is 21.4 Å². The Balaban J connectivity index is 1.41. The molecule has 4 rings (SSSR count). The van der Waals surface area contributed by atoms with Gasteiger partial charge in [0.05, 0.1) is 43.5 Å². The molecule has 0 unspecified atom stereocenters. The van der Waals surface area contributed by atoms with Gasteiger partial charge in [0.15, 0.2) is 0 Å². The molecule has 1 aliphatic heterocycles. The fourth-order valence-corrected chi connectivity index (χ4v) is 5.86. The summed E-state index contributed by atoms with van der Waals surface area (Å²) in [5.41, 5.74) is 3.03. The molecule has 0 spiro atoms. The molecule has 2 fully saturated rings. The third-order valence-corrected chi connectivity index (χ3v) is 7.38. The molecule has 7 nitrogen and oxygen atoms in total. The van der Waals surface area contributed by atoms with Crippen molar-refractivity contribution in [2.24, 2.45) is 0 Å². The number of anilines is 1. The number of sulfonamides is 1. The van der Waals surface area contributed by atoms with Gasteiger partial charge < -0.3 is 14.7 Å². The Morgan fingerprint density at radius 3 is 2.56 bits per heavy atom. The number of aliphatic hydroxyl groups is 1. The van der Waals surface area contributed by atoms with Crippen LogP contribution in [0.1, 0.15) is 49.1 Å². The van der Waals surface area contributed by atoms with Crippen molar-refractivity contribution in [1.82, 2.24) is 9.71 Å². The molecule has 174 valence electrons. The maximum absolute atomic E-state index is 11.9. The first-order valence-electron chi connectivity index (χ1n) is 11.4. The van der Waals surface area contributed by atoms with Crippen molar-refractivity contribution in [1.29, 1.82) is 0 Å². The second-order valence-corrected chi connectivity index (χ2v) is 10.8. The van der Waals surface area contributed by atoms with Crippen LogP contribution < -0.4 is 9.62 Å². The first-order chi connectivity index (χ1) is 15.4. The Morgan fingerprint density at radius 2 is 1.88 bits per heavy atom. The maximum atomic E-state index is 11.9. The number of aromatic nitrogens is 1. The maximum Gasteiger partial charge on any atom is 0.209 e. The summed E-state index contributed by atoms with van der Waals surface area (Å²) in [6.07, 6.45) is 9.74. The predicted octanol–water partition coefficient (Wildman–Crippen LogP) is 2.81. The van der Waals surface area contributed by atoms with E-state index >= 15 is 0 Å². The lowest BCUT2D eigenvalue weighted by molar-refractivity contribution is 0.0157. The van der Waals surface area contributed by atoms with Gasteiger partial charge in [-0.3, -0.25) is 4.98 Å². The van der Waals surface area contributed by atoms with Crippen LogP contribution in [0, 0.1) is 0 Å². The SMILES string of the molecule is CS(=O)(=O)N[C@H]1CCN(c2cncc(CO)c2)[C@H]1CO[C@H]1CC[C@@H](c2ccccc2)CC1. The average Bonchev–Trinajstić information content (AvgIpc) is 3.19. The molecule has 1 saturated carbocycles. The molecule has 8 heteroatoms. The van der Waals surface area contributed by atoms with Crippen LogP contribution in [-0.4, -0.2) is 56.1 Å². The van der Waals surface area contributed by atoms with Crippen molar-refractivity contribution in [2.45, 2.75) is 62.8 Å². The lowest BCUT2D eigenvalue weighted by Crippen LogP contribution is -2.48. The summed E-state index contributed by atoms with van der Waals surface area (Å²) in [7, 11) is -3.33. The van der Waals surface area contributed by atoms with Crippen LogP contribution >= 0.6 is 0 Å². The van der Waals surface area contributed by atoms with Crippen molar-refractivity contribution in [3.63, 3.8) is 0 Å². The zero-order chi connectivity index (χ0) is 22.6. The molecule has 1 aromatic carbocycles. The number of pyridine rings is 1. The minimum absolute atomic E-state index is 0.0779. The normalized spacial score (nSPS) is 26.4. The molecule has 0 radical (unpaired) electrons. The molecule has 0 amide bonds. The molecule has 0 bridgehead atoms. The van der Waals surface area contributed by atoms with Gasteiger partial charge in [-0.05, 0) is 55.2 Å². The van der Waals surface area contributed by atoms with Crippen LogP contribution in [0.5, 0.6) is 0 Å². The van der Waals surface area contributed by atoms with Gasteiger partial charge in [-0.2, -0.15) is 0 Å².